The predicted octanol–water partition coefficient (Wildman–Crippen LogP) is 4.07. The summed E-state index contributed by atoms with van der Waals surface area (Å²) in [6, 6.07) is 7.60. The molecule has 3 heterocycles. The number of fused-ring (bicyclic) bond motifs is 3. The molecule has 35 heavy (non-hydrogen) atoms. The molecule has 1 N–H and O–H groups in total. The molecular formula is C27H43N5O3. The molecule has 194 valence electrons. The maximum Gasteiger partial charge on any atom is 0.327 e. The Morgan fingerprint density at radius 3 is 2.34 bits per heavy atom. The Morgan fingerprint density at radius 1 is 0.971 bits per heavy atom. The van der Waals surface area contributed by atoms with Crippen LogP contribution in [-0.2, 0) is 4.79 Å². The highest BCUT2D eigenvalue weighted by Crippen LogP contribution is 2.35. The van der Waals surface area contributed by atoms with E-state index in [2.05, 4.69) is 41.1 Å². The second-order valence-corrected chi connectivity index (χ2v) is 10.3. The zero-order chi connectivity index (χ0) is 24.9. The lowest BCUT2D eigenvalue weighted by molar-refractivity contribution is -0.138. The summed E-state index contributed by atoms with van der Waals surface area (Å²) in [5, 5.41) is 3.61. The highest BCUT2D eigenvalue weighted by atomic mass is 16.5. The van der Waals surface area contributed by atoms with Gasteiger partial charge in [0, 0.05) is 32.4 Å². The van der Waals surface area contributed by atoms with Gasteiger partial charge in [-0.3, -0.25) is 19.9 Å². The average molecular weight is 486 g/mol. The summed E-state index contributed by atoms with van der Waals surface area (Å²) in [5.74, 6) is 1.19. The first-order chi connectivity index (χ1) is 17.0. The number of amides is 3. The zero-order valence-corrected chi connectivity index (χ0v) is 21.9. The van der Waals surface area contributed by atoms with Gasteiger partial charge in [-0.25, -0.2) is 4.79 Å². The van der Waals surface area contributed by atoms with Gasteiger partial charge in [-0.2, -0.15) is 0 Å². The third-order valence-corrected chi connectivity index (χ3v) is 7.55. The van der Waals surface area contributed by atoms with E-state index < -0.39 is 0 Å². The smallest absolute Gasteiger partial charge is 0.327 e. The maximum atomic E-state index is 13.7. The van der Waals surface area contributed by atoms with E-state index in [9.17, 15) is 9.59 Å². The maximum absolute atomic E-state index is 13.7. The molecule has 0 aromatic heterocycles. The van der Waals surface area contributed by atoms with Crippen LogP contribution in [0.3, 0.4) is 0 Å². The standard InChI is InChI=1S/C27H43N5O3/c1-5-7-8-9-10-11-12-17-30-25(33)23-24(29(4)27(30)34)28-26-31(18-20(3)19-32(23)26)21-13-15-22(16-14-21)35-6-2/h13-16,20,23-24,26,28H,5-12,17-19H2,1-4H3. The fourth-order valence-corrected chi connectivity index (χ4v) is 5.75. The molecule has 4 unspecified atom stereocenters. The molecule has 0 aliphatic carbocycles. The number of benzene rings is 1. The van der Waals surface area contributed by atoms with E-state index in [1.165, 1.54) is 37.0 Å². The van der Waals surface area contributed by atoms with Gasteiger partial charge in [-0.1, -0.05) is 52.4 Å². The largest absolute Gasteiger partial charge is 0.494 e. The van der Waals surface area contributed by atoms with Crippen LogP contribution in [-0.4, -0.2) is 78.4 Å². The van der Waals surface area contributed by atoms with Gasteiger partial charge < -0.3 is 14.5 Å². The minimum absolute atomic E-state index is 0.0557. The van der Waals surface area contributed by atoms with E-state index in [0.29, 0.717) is 19.1 Å². The Balaban J connectivity index is 1.45. The molecule has 1 aromatic carbocycles. The van der Waals surface area contributed by atoms with Crippen LogP contribution in [0.15, 0.2) is 24.3 Å². The topological polar surface area (TPSA) is 68.4 Å². The second-order valence-electron chi connectivity index (χ2n) is 10.3. The molecule has 3 aliphatic rings. The van der Waals surface area contributed by atoms with Gasteiger partial charge in [0.15, 0.2) is 0 Å². The molecule has 0 saturated carbocycles. The van der Waals surface area contributed by atoms with Crippen molar-refractivity contribution < 1.29 is 14.3 Å². The number of nitrogens with one attached hydrogen (secondary N) is 1. The van der Waals surface area contributed by atoms with Gasteiger partial charge in [0.05, 0.1) is 6.61 Å². The first-order valence-electron chi connectivity index (χ1n) is 13.6. The lowest BCUT2D eigenvalue weighted by Gasteiger charge is -2.46. The fraction of sp³-hybridized carbons (Fsp3) is 0.704. The number of carbonyl (C=O) groups excluding carboxylic acids is 2. The summed E-state index contributed by atoms with van der Waals surface area (Å²) >= 11 is 0. The van der Waals surface area contributed by atoms with E-state index in [0.717, 1.165) is 37.4 Å². The van der Waals surface area contributed by atoms with Gasteiger partial charge in [0.1, 0.15) is 24.2 Å². The number of imide groups is 1. The number of hydrogen-bond acceptors (Lipinski definition) is 6. The van der Waals surface area contributed by atoms with Gasteiger partial charge in [0.2, 0.25) is 0 Å². The van der Waals surface area contributed by atoms with Crippen molar-refractivity contribution in [2.75, 3.05) is 38.2 Å². The molecule has 0 radical (unpaired) electrons. The van der Waals surface area contributed by atoms with Crippen molar-refractivity contribution in [2.45, 2.75) is 84.2 Å². The summed E-state index contributed by atoms with van der Waals surface area (Å²) < 4.78 is 5.61. The SMILES string of the molecule is CCCCCCCCCN1C(=O)C2C(NC3N(c4ccc(OCC)cc4)CC(C)CN23)N(C)C1=O. The molecule has 4 atom stereocenters. The second kappa shape index (κ2) is 11.6. The van der Waals surface area contributed by atoms with Crippen LogP contribution in [0.1, 0.15) is 65.7 Å². The molecule has 0 spiro atoms. The molecule has 3 aliphatic heterocycles. The number of ether oxygens (including phenoxy) is 1. The van der Waals surface area contributed by atoms with E-state index >= 15 is 0 Å². The van der Waals surface area contributed by atoms with Crippen molar-refractivity contribution in [1.82, 2.24) is 20.0 Å². The molecule has 3 saturated heterocycles. The van der Waals surface area contributed by atoms with Gasteiger partial charge in [0.25, 0.3) is 5.91 Å². The number of nitrogens with zero attached hydrogens (tertiary/aromatic N) is 4. The first-order valence-corrected chi connectivity index (χ1v) is 13.6. The predicted molar refractivity (Wildman–Crippen MR) is 138 cm³/mol. The molecule has 8 nitrogen and oxygen atoms in total. The minimum atomic E-state index is -0.361. The molecule has 8 heteroatoms. The van der Waals surface area contributed by atoms with Crippen molar-refractivity contribution in [3.63, 3.8) is 0 Å². The number of urea groups is 1. The monoisotopic (exact) mass is 485 g/mol. The quantitative estimate of drug-likeness (QED) is 0.477. The van der Waals surface area contributed by atoms with Crippen LogP contribution < -0.4 is 15.0 Å². The zero-order valence-electron chi connectivity index (χ0n) is 21.9. The van der Waals surface area contributed by atoms with Crippen LogP contribution in [0.2, 0.25) is 0 Å². The summed E-state index contributed by atoms with van der Waals surface area (Å²) in [6.07, 6.45) is 7.69. The number of hydrogen-bond donors (Lipinski definition) is 1. The van der Waals surface area contributed by atoms with Crippen molar-refractivity contribution >= 4 is 17.6 Å². The average Bonchev–Trinajstić information content (AvgIpc) is 3.24. The Hall–Kier alpha value is -2.32. The number of carbonyl (C=O) groups is 2. The van der Waals surface area contributed by atoms with Crippen LogP contribution in [0.4, 0.5) is 10.5 Å². The van der Waals surface area contributed by atoms with Crippen LogP contribution in [0.25, 0.3) is 0 Å². The number of anilines is 1. The van der Waals surface area contributed by atoms with Crippen molar-refractivity contribution in [3.05, 3.63) is 24.3 Å². The van der Waals surface area contributed by atoms with E-state index in [-0.39, 0.29) is 30.4 Å². The van der Waals surface area contributed by atoms with Gasteiger partial charge in [-0.05, 0) is 43.5 Å². The molecule has 3 fully saturated rings. The molecule has 4 rings (SSSR count). The van der Waals surface area contributed by atoms with Crippen molar-refractivity contribution in [1.29, 1.82) is 0 Å². The molecular weight excluding hydrogens is 442 g/mol. The first kappa shape index (κ1) is 25.8. The van der Waals surface area contributed by atoms with E-state index in [1.807, 2.05) is 26.1 Å². The summed E-state index contributed by atoms with van der Waals surface area (Å²) in [6.45, 7) is 9.29. The summed E-state index contributed by atoms with van der Waals surface area (Å²) in [5.41, 5.74) is 1.09. The van der Waals surface area contributed by atoms with E-state index in [1.54, 1.807) is 4.90 Å². The lowest BCUT2D eigenvalue weighted by atomic mass is 10.0. The number of unbranched alkanes of at least 4 members (excludes halogenated alkanes) is 6. The summed E-state index contributed by atoms with van der Waals surface area (Å²) in [4.78, 5) is 34.6. The van der Waals surface area contributed by atoms with Crippen molar-refractivity contribution in [3.8, 4) is 5.75 Å². The Kier molecular flexibility index (Phi) is 8.55. The Labute approximate surface area is 210 Å². The fourth-order valence-electron chi connectivity index (χ4n) is 5.75. The van der Waals surface area contributed by atoms with Crippen molar-refractivity contribution in [2.24, 2.45) is 5.92 Å². The minimum Gasteiger partial charge on any atom is -0.494 e. The normalized spacial score (nSPS) is 26.8. The number of rotatable bonds is 11. The number of likely N-dealkylation sites (N-methyl/N-ethyl adjacent to an activating group) is 1. The molecule has 0 bridgehead atoms. The highest BCUT2D eigenvalue weighted by Gasteiger charge is 2.56. The lowest BCUT2D eigenvalue weighted by Crippen LogP contribution is -2.66. The molecule has 1 aromatic rings. The van der Waals surface area contributed by atoms with E-state index in [4.69, 9.17) is 4.74 Å². The van der Waals surface area contributed by atoms with Crippen LogP contribution in [0.5, 0.6) is 5.75 Å². The van der Waals surface area contributed by atoms with Crippen LogP contribution >= 0.6 is 0 Å². The van der Waals surface area contributed by atoms with Gasteiger partial charge >= 0.3 is 6.03 Å². The Morgan fingerprint density at radius 2 is 1.66 bits per heavy atom. The third-order valence-electron chi connectivity index (χ3n) is 7.55. The van der Waals surface area contributed by atoms with Gasteiger partial charge in [-0.15, -0.1) is 0 Å². The van der Waals surface area contributed by atoms with Crippen LogP contribution in [0, 0.1) is 5.92 Å². The highest BCUT2D eigenvalue weighted by molar-refractivity contribution is 6.00. The third kappa shape index (κ3) is 5.43. The molecule has 3 amide bonds. The Bertz CT molecular complexity index is 863. The summed E-state index contributed by atoms with van der Waals surface area (Å²) in [7, 11) is 1.82.